The SMILES string of the molecule is CCOc1ccc(CN2CCN(S(=O)(=O)c3ccc(OCC)cc3)CC2)cc1. The van der Waals surface area contributed by atoms with Crippen LogP contribution in [-0.2, 0) is 16.6 Å². The third-order valence-corrected chi connectivity index (χ3v) is 6.66. The van der Waals surface area contributed by atoms with Gasteiger partial charge in [0.2, 0.25) is 10.0 Å². The van der Waals surface area contributed by atoms with Crippen molar-refractivity contribution in [2.45, 2.75) is 25.3 Å². The summed E-state index contributed by atoms with van der Waals surface area (Å²) in [5.41, 5.74) is 1.20. The van der Waals surface area contributed by atoms with Crippen LogP contribution in [0.2, 0.25) is 0 Å². The van der Waals surface area contributed by atoms with Gasteiger partial charge in [-0.05, 0) is 55.8 Å². The van der Waals surface area contributed by atoms with Crippen LogP contribution in [0.1, 0.15) is 19.4 Å². The van der Waals surface area contributed by atoms with Gasteiger partial charge in [-0.15, -0.1) is 0 Å². The van der Waals surface area contributed by atoms with Gasteiger partial charge in [-0.1, -0.05) is 12.1 Å². The topological polar surface area (TPSA) is 59.1 Å². The highest BCUT2D eigenvalue weighted by Gasteiger charge is 2.28. The van der Waals surface area contributed by atoms with Crippen LogP contribution in [0.5, 0.6) is 11.5 Å². The van der Waals surface area contributed by atoms with Gasteiger partial charge >= 0.3 is 0 Å². The molecule has 152 valence electrons. The van der Waals surface area contributed by atoms with Crippen LogP contribution < -0.4 is 9.47 Å². The molecule has 0 spiro atoms. The summed E-state index contributed by atoms with van der Waals surface area (Å²) in [6.45, 7) is 8.30. The first kappa shape index (κ1) is 20.6. The monoisotopic (exact) mass is 404 g/mol. The Morgan fingerprint density at radius 1 is 0.786 bits per heavy atom. The quantitative estimate of drug-likeness (QED) is 0.677. The van der Waals surface area contributed by atoms with E-state index in [2.05, 4.69) is 17.0 Å². The van der Waals surface area contributed by atoms with Gasteiger partial charge in [0.15, 0.2) is 0 Å². The third kappa shape index (κ3) is 5.04. The maximum absolute atomic E-state index is 12.9. The zero-order valence-corrected chi connectivity index (χ0v) is 17.3. The predicted octanol–water partition coefficient (Wildman–Crippen LogP) is 2.99. The Morgan fingerprint density at radius 3 is 1.79 bits per heavy atom. The van der Waals surface area contributed by atoms with Gasteiger partial charge in [0.05, 0.1) is 18.1 Å². The van der Waals surface area contributed by atoms with E-state index in [-0.39, 0.29) is 0 Å². The van der Waals surface area contributed by atoms with E-state index in [1.54, 1.807) is 28.6 Å². The molecule has 28 heavy (non-hydrogen) atoms. The Labute approximate surface area is 167 Å². The number of ether oxygens (including phenoxy) is 2. The predicted molar refractivity (Wildman–Crippen MR) is 109 cm³/mol. The highest BCUT2D eigenvalue weighted by molar-refractivity contribution is 7.89. The van der Waals surface area contributed by atoms with Crippen molar-refractivity contribution in [2.24, 2.45) is 0 Å². The zero-order chi connectivity index (χ0) is 20.0. The molecule has 0 unspecified atom stereocenters. The van der Waals surface area contributed by atoms with Crippen molar-refractivity contribution < 1.29 is 17.9 Å². The molecule has 0 radical (unpaired) electrons. The van der Waals surface area contributed by atoms with Crippen molar-refractivity contribution >= 4 is 10.0 Å². The molecule has 1 fully saturated rings. The van der Waals surface area contributed by atoms with E-state index in [0.717, 1.165) is 12.3 Å². The number of nitrogens with zero attached hydrogens (tertiary/aromatic N) is 2. The van der Waals surface area contributed by atoms with Crippen molar-refractivity contribution in [3.8, 4) is 11.5 Å². The summed E-state index contributed by atoms with van der Waals surface area (Å²) in [7, 11) is -3.47. The van der Waals surface area contributed by atoms with Crippen LogP contribution in [0.4, 0.5) is 0 Å². The molecule has 1 aliphatic heterocycles. The first-order valence-corrected chi connectivity index (χ1v) is 11.1. The van der Waals surface area contributed by atoms with Crippen LogP contribution in [0.25, 0.3) is 0 Å². The fourth-order valence-electron chi connectivity index (χ4n) is 3.27. The third-order valence-electron chi connectivity index (χ3n) is 4.74. The summed E-state index contributed by atoms with van der Waals surface area (Å²) in [6, 6.07) is 14.7. The first-order chi connectivity index (χ1) is 13.5. The minimum absolute atomic E-state index is 0.316. The van der Waals surface area contributed by atoms with Gasteiger partial charge in [0.25, 0.3) is 0 Å². The highest BCUT2D eigenvalue weighted by atomic mass is 32.2. The molecule has 1 aliphatic rings. The van der Waals surface area contributed by atoms with E-state index < -0.39 is 10.0 Å². The lowest BCUT2D eigenvalue weighted by Gasteiger charge is -2.34. The van der Waals surface area contributed by atoms with Gasteiger partial charge in [0.1, 0.15) is 11.5 Å². The first-order valence-electron chi connectivity index (χ1n) is 9.70. The summed E-state index contributed by atoms with van der Waals surface area (Å²) in [6.07, 6.45) is 0. The standard InChI is InChI=1S/C21H28N2O4S/c1-3-26-19-7-5-18(6-8-19)17-22-13-15-23(16-14-22)28(24,25)21-11-9-20(10-12-21)27-4-2/h5-12H,3-4,13-17H2,1-2H3. The number of hydrogen-bond donors (Lipinski definition) is 0. The largest absolute Gasteiger partial charge is 0.494 e. The summed E-state index contributed by atoms with van der Waals surface area (Å²) in [5, 5.41) is 0. The Balaban J connectivity index is 1.56. The zero-order valence-electron chi connectivity index (χ0n) is 16.5. The number of rotatable bonds is 8. The lowest BCUT2D eigenvalue weighted by atomic mass is 10.2. The lowest BCUT2D eigenvalue weighted by Crippen LogP contribution is -2.48. The van der Waals surface area contributed by atoms with Gasteiger partial charge < -0.3 is 9.47 Å². The molecule has 0 saturated carbocycles. The van der Waals surface area contributed by atoms with Crippen LogP contribution in [-0.4, -0.2) is 57.0 Å². The van der Waals surface area contributed by atoms with Crippen molar-refractivity contribution in [1.82, 2.24) is 9.21 Å². The van der Waals surface area contributed by atoms with Crippen LogP contribution in [0, 0.1) is 0 Å². The Kier molecular flexibility index (Phi) is 6.93. The van der Waals surface area contributed by atoms with E-state index in [9.17, 15) is 8.42 Å². The summed E-state index contributed by atoms with van der Waals surface area (Å²) in [4.78, 5) is 2.59. The molecular formula is C21H28N2O4S. The van der Waals surface area contributed by atoms with Gasteiger partial charge in [-0.2, -0.15) is 4.31 Å². The number of benzene rings is 2. The summed E-state index contributed by atoms with van der Waals surface area (Å²) in [5.74, 6) is 1.55. The molecule has 7 heteroatoms. The van der Waals surface area contributed by atoms with E-state index in [0.29, 0.717) is 50.0 Å². The minimum Gasteiger partial charge on any atom is -0.494 e. The molecule has 0 aromatic heterocycles. The molecule has 2 aromatic carbocycles. The lowest BCUT2D eigenvalue weighted by molar-refractivity contribution is 0.181. The van der Waals surface area contributed by atoms with E-state index >= 15 is 0 Å². The second-order valence-electron chi connectivity index (χ2n) is 6.66. The van der Waals surface area contributed by atoms with E-state index in [1.807, 2.05) is 26.0 Å². The maximum atomic E-state index is 12.9. The normalized spacial score (nSPS) is 16.1. The van der Waals surface area contributed by atoms with Crippen LogP contribution in [0.3, 0.4) is 0 Å². The molecule has 0 aliphatic carbocycles. The van der Waals surface area contributed by atoms with Crippen molar-refractivity contribution in [1.29, 1.82) is 0 Å². The second kappa shape index (κ2) is 9.41. The molecule has 0 amide bonds. The number of sulfonamides is 1. The average molecular weight is 405 g/mol. The van der Waals surface area contributed by atoms with E-state index in [4.69, 9.17) is 9.47 Å². The minimum atomic E-state index is -3.47. The number of piperazine rings is 1. The average Bonchev–Trinajstić information content (AvgIpc) is 2.71. The highest BCUT2D eigenvalue weighted by Crippen LogP contribution is 2.21. The molecular weight excluding hydrogens is 376 g/mol. The van der Waals surface area contributed by atoms with Crippen molar-refractivity contribution in [3.63, 3.8) is 0 Å². The molecule has 0 N–H and O–H groups in total. The molecule has 0 bridgehead atoms. The van der Waals surface area contributed by atoms with Gasteiger partial charge in [-0.25, -0.2) is 8.42 Å². The van der Waals surface area contributed by atoms with E-state index in [1.165, 1.54) is 5.56 Å². The molecule has 1 heterocycles. The summed E-state index contributed by atoms with van der Waals surface area (Å²) >= 11 is 0. The smallest absolute Gasteiger partial charge is 0.243 e. The van der Waals surface area contributed by atoms with Crippen molar-refractivity contribution in [2.75, 3.05) is 39.4 Å². The fraction of sp³-hybridized carbons (Fsp3) is 0.429. The molecule has 0 atom stereocenters. The molecule has 2 aromatic rings. The molecule has 3 rings (SSSR count). The Bertz CT molecular complexity index is 843. The maximum Gasteiger partial charge on any atom is 0.243 e. The Hall–Kier alpha value is -2.09. The fourth-order valence-corrected chi connectivity index (χ4v) is 4.69. The van der Waals surface area contributed by atoms with Crippen molar-refractivity contribution in [3.05, 3.63) is 54.1 Å². The van der Waals surface area contributed by atoms with Crippen LogP contribution >= 0.6 is 0 Å². The molecule has 1 saturated heterocycles. The number of hydrogen-bond acceptors (Lipinski definition) is 5. The summed E-state index contributed by atoms with van der Waals surface area (Å²) < 4.78 is 38.2. The Morgan fingerprint density at radius 2 is 1.29 bits per heavy atom. The van der Waals surface area contributed by atoms with Gasteiger partial charge in [-0.3, -0.25) is 4.90 Å². The van der Waals surface area contributed by atoms with Gasteiger partial charge in [0, 0.05) is 32.7 Å². The molecule has 6 nitrogen and oxygen atoms in total. The van der Waals surface area contributed by atoms with Crippen LogP contribution in [0.15, 0.2) is 53.4 Å². The second-order valence-corrected chi connectivity index (χ2v) is 8.60.